The molecule has 0 saturated carbocycles. The van der Waals surface area contributed by atoms with Crippen molar-refractivity contribution in [1.29, 1.82) is 0 Å². The second kappa shape index (κ2) is 8.22. The van der Waals surface area contributed by atoms with Crippen molar-refractivity contribution in [2.45, 2.75) is 39.3 Å². The highest BCUT2D eigenvalue weighted by Crippen LogP contribution is 2.30. The topological polar surface area (TPSA) is 79.5 Å². The minimum Gasteiger partial charge on any atom is -0.486 e. The Balaban J connectivity index is 1.43. The Bertz CT molecular complexity index is 874. The van der Waals surface area contributed by atoms with Gasteiger partial charge in [0.2, 0.25) is 5.95 Å². The van der Waals surface area contributed by atoms with Gasteiger partial charge in [-0.25, -0.2) is 4.98 Å². The largest absolute Gasteiger partial charge is 0.486 e. The Hall–Kier alpha value is -2.54. The quantitative estimate of drug-likeness (QED) is 0.825. The fourth-order valence-electron chi connectivity index (χ4n) is 3.63. The van der Waals surface area contributed by atoms with Crippen LogP contribution in [-0.4, -0.2) is 36.3 Å². The van der Waals surface area contributed by atoms with Gasteiger partial charge in [-0.3, -0.25) is 9.78 Å². The molecule has 2 aliphatic heterocycles. The molecule has 150 valence electrons. The van der Waals surface area contributed by atoms with Crippen LogP contribution in [0.5, 0.6) is 11.5 Å². The molecule has 0 bridgehead atoms. The highest BCUT2D eigenvalue weighted by Gasteiger charge is 2.19. The maximum Gasteiger partial charge on any atom is 0.252 e. The molecule has 1 fully saturated rings. The van der Waals surface area contributed by atoms with Crippen LogP contribution in [0, 0.1) is 5.92 Å². The third-order valence-corrected chi connectivity index (χ3v) is 5.49. The number of fused-ring (bicyclic) bond motifs is 1. The SMILES string of the molecule is CC1CCN(c2nc(C(C)NCc3ccc4c(c3)OCCO4)cc(=O)[nH]2)CC1. The van der Waals surface area contributed by atoms with Gasteiger partial charge in [0, 0.05) is 31.7 Å². The number of aromatic nitrogens is 2. The van der Waals surface area contributed by atoms with E-state index in [0.29, 0.717) is 25.7 Å². The van der Waals surface area contributed by atoms with E-state index in [1.54, 1.807) is 6.07 Å². The smallest absolute Gasteiger partial charge is 0.252 e. The van der Waals surface area contributed by atoms with E-state index in [4.69, 9.17) is 14.5 Å². The number of hydrogen-bond donors (Lipinski definition) is 2. The summed E-state index contributed by atoms with van der Waals surface area (Å²) in [7, 11) is 0. The first-order chi connectivity index (χ1) is 13.6. The fraction of sp³-hybridized carbons (Fsp3) is 0.524. The van der Waals surface area contributed by atoms with E-state index >= 15 is 0 Å². The Labute approximate surface area is 165 Å². The predicted molar refractivity (Wildman–Crippen MR) is 108 cm³/mol. The summed E-state index contributed by atoms with van der Waals surface area (Å²) in [5, 5.41) is 3.46. The summed E-state index contributed by atoms with van der Waals surface area (Å²) in [6.07, 6.45) is 2.26. The first-order valence-corrected chi connectivity index (χ1v) is 10.1. The lowest BCUT2D eigenvalue weighted by atomic mass is 10.00. The number of hydrogen-bond acceptors (Lipinski definition) is 6. The van der Waals surface area contributed by atoms with E-state index in [-0.39, 0.29) is 11.6 Å². The summed E-state index contributed by atoms with van der Waals surface area (Å²) in [5.41, 5.74) is 1.76. The van der Waals surface area contributed by atoms with Crippen LogP contribution in [0.25, 0.3) is 0 Å². The predicted octanol–water partition coefficient (Wildman–Crippen LogP) is 2.63. The fourth-order valence-corrected chi connectivity index (χ4v) is 3.63. The van der Waals surface area contributed by atoms with Gasteiger partial charge in [-0.1, -0.05) is 13.0 Å². The number of anilines is 1. The number of rotatable bonds is 5. The van der Waals surface area contributed by atoms with Gasteiger partial charge in [-0.2, -0.15) is 0 Å². The van der Waals surface area contributed by atoms with Gasteiger partial charge in [0.25, 0.3) is 5.56 Å². The molecule has 2 N–H and O–H groups in total. The summed E-state index contributed by atoms with van der Waals surface area (Å²) in [6, 6.07) is 7.51. The standard InChI is InChI=1S/C21H28N4O3/c1-14-5-7-25(8-6-14)21-23-17(12-20(26)24-21)15(2)22-13-16-3-4-18-19(11-16)28-10-9-27-18/h3-4,11-12,14-15,22H,5-10,13H2,1-2H3,(H,23,24,26). The maximum atomic E-state index is 12.2. The number of aromatic amines is 1. The number of H-pyrrole nitrogens is 1. The van der Waals surface area contributed by atoms with Crippen LogP contribution in [0.1, 0.15) is 44.0 Å². The first kappa shape index (κ1) is 18.8. The van der Waals surface area contributed by atoms with Crippen molar-refractivity contribution in [3.63, 3.8) is 0 Å². The van der Waals surface area contributed by atoms with Crippen LogP contribution in [-0.2, 0) is 6.54 Å². The molecule has 7 nitrogen and oxygen atoms in total. The van der Waals surface area contributed by atoms with Crippen molar-refractivity contribution < 1.29 is 9.47 Å². The van der Waals surface area contributed by atoms with Crippen molar-refractivity contribution in [1.82, 2.24) is 15.3 Å². The molecule has 1 saturated heterocycles. The minimum atomic E-state index is -0.105. The highest BCUT2D eigenvalue weighted by atomic mass is 16.6. The Kier molecular flexibility index (Phi) is 5.52. The number of benzene rings is 1. The summed E-state index contributed by atoms with van der Waals surface area (Å²) >= 11 is 0. The lowest BCUT2D eigenvalue weighted by molar-refractivity contribution is 0.171. The molecule has 2 aliphatic rings. The second-order valence-electron chi connectivity index (χ2n) is 7.74. The number of ether oxygens (including phenoxy) is 2. The third kappa shape index (κ3) is 4.30. The summed E-state index contributed by atoms with van der Waals surface area (Å²) in [6.45, 7) is 8.00. The molecule has 3 heterocycles. The van der Waals surface area contributed by atoms with E-state index in [2.05, 4.69) is 22.1 Å². The molecule has 4 rings (SSSR count). The molecule has 7 heteroatoms. The molecule has 0 spiro atoms. The van der Waals surface area contributed by atoms with Gasteiger partial charge in [0.1, 0.15) is 13.2 Å². The number of nitrogens with one attached hydrogen (secondary N) is 2. The molecule has 1 aromatic carbocycles. The zero-order valence-electron chi connectivity index (χ0n) is 16.5. The lowest BCUT2D eigenvalue weighted by Gasteiger charge is -2.31. The van der Waals surface area contributed by atoms with Crippen LogP contribution in [0.15, 0.2) is 29.1 Å². The van der Waals surface area contributed by atoms with Crippen LogP contribution in [0.4, 0.5) is 5.95 Å². The normalized spacial score (nSPS) is 18.1. The van der Waals surface area contributed by atoms with Crippen molar-refractivity contribution in [3.05, 3.63) is 45.9 Å². The molecule has 0 amide bonds. The molecular weight excluding hydrogens is 356 g/mol. The van der Waals surface area contributed by atoms with Crippen LogP contribution >= 0.6 is 0 Å². The maximum absolute atomic E-state index is 12.2. The van der Waals surface area contributed by atoms with Gasteiger partial charge >= 0.3 is 0 Å². The molecule has 2 aromatic rings. The average molecular weight is 384 g/mol. The molecule has 0 radical (unpaired) electrons. The molecule has 28 heavy (non-hydrogen) atoms. The van der Waals surface area contributed by atoms with E-state index in [1.165, 1.54) is 0 Å². The molecule has 1 aromatic heterocycles. The lowest BCUT2D eigenvalue weighted by Crippen LogP contribution is -2.35. The average Bonchev–Trinajstić information content (AvgIpc) is 2.72. The van der Waals surface area contributed by atoms with Gasteiger partial charge in [-0.05, 0) is 43.4 Å². The van der Waals surface area contributed by atoms with Crippen molar-refractivity contribution in [3.8, 4) is 11.5 Å². The zero-order valence-corrected chi connectivity index (χ0v) is 16.5. The monoisotopic (exact) mass is 384 g/mol. The number of piperidine rings is 1. The Morgan fingerprint density at radius 3 is 2.75 bits per heavy atom. The zero-order chi connectivity index (χ0) is 19.5. The van der Waals surface area contributed by atoms with E-state index in [1.807, 2.05) is 25.1 Å². The van der Waals surface area contributed by atoms with Crippen molar-refractivity contribution in [2.24, 2.45) is 5.92 Å². The van der Waals surface area contributed by atoms with Crippen molar-refractivity contribution in [2.75, 3.05) is 31.2 Å². The van der Waals surface area contributed by atoms with Crippen LogP contribution in [0.2, 0.25) is 0 Å². The van der Waals surface area contributed by atoms with E-state index in [9.17, 15) is 4.79 Å². The summed E-state index contributed by atoms with van der Waals surface area (Å²) < 4.78 is 11.2. The number of nitrogens with zero attached hydrogens (tertiary/aromatic N) is 2. The Morgan fingerprint density at radius 2 is 1.96 bits per heavy atom. The minimum absolute atomic E-state index is 0.0436. The third-order valence-electron chi connectivity index (χ3n) is 5.49. The van der Waals surface area contributed by atoms with Gasteiger partial charge in [0.05, 0.1) is 5.69 Å². The summed E-state index contributed by atoms with van der Waals surface area (Å²) in [5.74, 6) is 2.99. The molecule has 1 unspecified atom stereocenters. The molecule has 0 aliphatic carbocycles. The second-order valence-corrected chi connectivity index (χ2v) is 7.74. The van der Waals surface area contributed by atoms with E-state index in [0.717, 1.165) is 54.6 Å². The van der Waals surface area contributed by atoms with Crippen LogP contribution < -0.4 is 25.2 Å². The van der Waals surface area contributed by atoms with Gasteiger partial charge in [0.15, 0.2) is 11.5 Å². The van der Waals surface area contributed by atoms with Crippen LogP contribution in [0.3, 0.4) is 0 Å². The van der Waals surface area contributed by atoms with Gasteiger partial charge in [-0.15, -0.1) is 0 Å². The molecule has 1 atom stereocenters. The van der Waals surface area contributed by atoms with Gasteiger partial charge < -0.3 is 19.7 Å². The highest BCUT2D eigenvalue weighted by molar-refractivity contribution is 5.43. The van der Waals surface area contributed by atoms with E-state index < -0.39 is 0 Å². The first-order valence-electron chi connectivity index (χ1n) is 10.1. The summed E-state index contributed by atoms with van der Waals surface area (Å²) in [4.78, 5) is 22.0. The Morgan fingerprint density at radius 1 is 1.21 bits per heavy atom. The molecular formula is C21H28N4O3. The van der Waals surface area contributed by atoms with Crippen molar-refractivity contribution >= 4 is 5.95 Å².